The third-order valence-electron chi connectivity index (χ3n) is 8.85. The van der Waals surface area contributed by atoms with E-state index in [4.69, 9.17) is 0 Å². The lowest BCUT2D eigenvalue weighted by molar-refractivity contribution is -0.438. The molecule has 2 aromatic rings. The Balaban J connectivity index is 1.75. The van der Waals surface area contributed by atoms with Gasteiger partial charge in [-0.2, -0.15) is 21.4 Å². The van der Waals surface area contributed by atoms with Crippen molar-refractivity contribution in [2.75, 3.05) is 29.5 Å². The van der Waals surface area contributed by atoms with Crippen molar-refractivity contribution in [3.8, 4) is 0 Å². The zero-order valence-electron chi connectivity index (χ0n) is 26.8. The molecule has 0 saturated carbocycles. The van der Waals surface area contributed by atoms with E-state index in [0.29, 0.717) is 25.9 Å². The number of carboxylic acid groups (broad SMARTS) is 2. The molecular formula is C33H41N2O10S2+. The average Bonchev–Trinajstić information content (AvgIpc) is 3.30. The quantitative estimate of drug-likeness (QED) is 0.118. The van der Waals surface area contributed by atoms with Crippen molar-refractivity contribution in [3.05, 3.63) is 82.6 Å². The van der Waals surface area contributed by atoms with Crippen LogP contribution in [-0.2, 0) is 31.1 Å². The van der Waals surface area contributed by atoms with Crippen molar-refractivity contribution < 1.29 is 50.3 Å². The maximum absolute atomic E-state index is 11.8. The van der Waals surface area contributed by atoms with Crippen LogP contribution in [0.5, 0.6) is 0 Å². The van der Waals surface area contributed by atoms with Crippen molar-refractivity contribution in [2.24, 2.45) is 0 Å². The molecule has 14 heteroatoms. The molecule has 2 aliphatic heterocycles. The van der Waals surface area contributed by atoms with Crippen LogP contribution in [0, 0.1) is 0 Å². The maximum Gasteiger partial charge on any atom is 0.335 e. The molecule has 0 unspecified atom stereocenters. The molecule has 4 N–H and O–H groups in total. The van der Waals surface area contributed by atoms with Crippen LogP contribution in [0.2, 0.25) is 0 Å². The van der Waals surface area contributed by atoms with Gasteiger partial charge in [-0.1, -0.05) is 19.9 Å². The first-order chi connectivity index (χ1) is 21.7. The predicted molar refractivity (Wildman–Crippen MR) is 179 cm³/mol. The molecule has 0 radical (unpaired) electrons. The Kier molecular flexibility index (Phi) is 10.2. The zero-order chi connectivity index (χ0) is 34.9. The Morgan fingerprint density at radius 1 is 0.787 bits per heavy atom. The maximum atomic E-state index is 11.8. The molecule has 2 heterocycles. The van der Waals surface area contributed by atoms with Crippen molar-refractivity contribution in [2.45, 2.75) is 64.2 Å². The van der Waals surface area contributed by atoms with Crippen LogP contribution < -0.4 is 4.90 Å². The summed E-state index contributed by atoms with van der Waals surface area (Å²) in [7, 11) is -8.22. The highest BCUT2D eigenvalue weighted by molar-refractivity contribution is 7.86. The number of carboxylic acids is 2. The molecule has 0 atom stereocenters. The van der Waals surface area contributed by atoms with Crippen LogP contribution in [0.1, 0.15) is 85.2 Å². The van der Waals surface area contributed by atoms with Crippen LogP contribution in [0.25, 0.3) is 0 Å². The molecule has 47 heavy (non-hydrogen) atoms. The molecule has 0 amide bonds. The summed E-state index contributed by atoms with van der Waals surface area (Å²) in [6.07, 6.45) is 7.08. The number of anilines is 1. The summed E-state index contributed by atoms with van der Waals surface area (Å²) in [6, 6.07) is 9.84. The average molecular weight is 690 g/mol. The van der Waals surface area contributed by atoms with Crippen LogP contribution in [0.4, 0.5) is 11.4 Å². The smallest absolute Gasteiger partial charge is 0.335 e. The second-order valence-corrected chi connectivity index (χ2v) is 16.1. The molecule has 0 fully saturated rings. The fourth-order valence-electron chi connectivity index (χ4n) is 6.44. The van der Waals surface area contributed by atoms with E-state index < -0.39 is 43.0 Å². The van der Waals surface area contributed by atoms with Gasteiger partial charge in [-0.25, -0.2) is 9.59 Å². The molecule has 254 valence electrons. The molecule has 4 rings (SSSR count). The minimum absolute atomic E-state index is 0.145. The third-order valence-corrected chi connectivity index (χ3v) is 10.5. The summed E-state index contributed by atoms with van der Waals surface area (Å²) < 4.78 is 65.6. The lowest BCUT2D eigenvalue weighted by Gasteiger charge is -2.27. The van der Waals surface area contributed by atoms with E-state index in [0.717, 1.165) is 33.9 Å². The number of nitrogens with zero attached hydrogens (tertiary/aromatic N) is 2. The van der Waals surface area contributed by atoms with E-state index in [2.05, 4.69) is 0 Å². The first kappa shape index (κ1) is 36.0. The summed E-state index contributed by atoms with van der Waals surface area (Å²) in [5.41, 5.74) is 3.93. The van der Waals surface area contributed by atoms with Crippen molar-refractivity contribution in [3.63, 3.8) is 0 Å². The summed E-state index contributed by atoms with van der Waals surface area (Å²) in [6.45, 7) is 8.76. The van der Waals surface area contributed by atoms with Gasteiger partial charge in [0.2, 0.25) is 5.69 Å². The molecule has 0 aliphatic carbocycles. The number of rotatable bonds is 14. The molecule has 0 aromatic heterocycles. The minimum atomic E-state index is -4.11. The van der Waals surface area contributed by atoms with E-state index in [9.17, 15) is 45.7 Å². The number of benzene rings is 2. The molecule has 0 saturated heterocycles. The topological polar surface area (TPSA) is 190 Å². The minimum Gasteiger partial charge on any atom is -0.478 e. The van der Waals surface area contributed by atoms with Gasteiger partial charge >= 0.3 is 11.9 Å². The normalized spacial score (nSPS) is 17.8. The zero-order valence-corrected chi connectivity index (χ0v) is 28.4. The Morgan fingerprint density at radius 2 is 1.34 bits per heavy atom. The SMILES string of the molecule is CC1(C)C(/C=C/C=C2/N(CCCCS(=O)(=O)O)c3ccc(C(=O)O)cc3C2(C)C)=[N+](CCCCS(=O)(=O)O)c2ccc(C(=O)O)cc21. The van der Waals surface area contributed by atoms with Crippen molar-refractivity contribution in [1.29, 1.82) is 0 Å². The van der Waals surface area contributed by atoms with Gasteiger partial charge in [0.15, 0.2) is 5.71 Å². The van der Waals surface area contributed by atoms with Gasteiger partial charge in [-0.05, 0) is 75.1 Å². The first-order valence-electron chi connectivity index (χ1n) is 15.2. The second kappa shape index (κ2) is 13.3. The summed E-state index contributed by atoms with van der Waals surface area (Å²) >= 11 is 0. The van der Waals surface area contributed by atoms with Crippen LogP contribution in [0.3, 0.4) is 0 Å². The molecular weight excluding hydrogens is 649 g/mol. The first-order valence-corrected chi connectivity index (χ1v) is 18.4. The number of allylic oxidation sites excluding steroid dienone is 4. The lowest BCUT2D eigenvalue weighted by atomic mass is 9.80. The summed E-state index contributed by atoms with van der Waals surface area (Å²) in [5, 5.41) is 19.3. The third kappa shape index (κ3) is 8.00. The largest absolute Gasteiger partial charge is 0.478 e. The highest BCUT2D eigenvalue weighted by Crippen LogP contribution is 2.48. The Bertz CT molecular complexity index is 1910. The van der Waals surface area contributed by atoms with E-state index >= 15 is 0 Å². The van der Waals surface area contributed by atoms with Crippen LogP contribution >= 0.6 is 0 Å². The number of hydrogen-bond acceptors (Lipinski definition) is 7. The van der Waals surface area contributed by atoms with Crippen LogP contribution in [0.15, 0.2) is 60.3 Å². The molecule has 12 nitrogen and oxygen atoms in total. The van der Waals surface area contributed by atoms with Gasteiger partial charge < -0.3 is 15.1 Å². The van der Waals surface area contributed by atoms with Gasteiger partial charge in [0.1, 0.15) is 6.54 Å². The second-order valence-electron chi connectivity index (χ2n) is 12.9. The Hall–Kier alpha value is -3.85. The Labute approximate surface area is 275 Å². The van der Waals surface area contributed by atoms with Crippen LogP contribution in [-0.4, -0.2) is 83.0 Å². The van der Waals surface area contributed by atoms with Gasteiger partial charge in [-0.15, -0.1) is 0 Å². The number of hydrogen-bond donors (Lipinski definition) is 4. The van der Waals surface area contributed by atoms with Gasteiger partial charge in [0, 0.05) is 47.5 Å². The number of aromatic carboxylic acids is 2. The van der Waals surface area contributed by atoms with Crippen molar-refractivity contribution >= 4 is 49.3 Å². The Morgan fingerprint density at radius 3 is 1.91 bits per heavy atom. The summed E-state index contributed by atoms with van der Waals surface area (Å²) in [4.78, 5) is 25.6. The van der Waals surface area contributed by atoms with Gasteiger partial charge in [0.25, 0.3) is 20.2 Å². The molecule has 2 aliphatic rings. The van der Waals surface area contributed by atoms with E-state index in [1.165, 1.54) is 12.1 Å². The van der Waals surface area contributed by atoms with E-state index in [1.54, 1.807) is 24.3 Å². The molecule has 0 bridgehead atoms. The van der Waals surface area contributed by atoms with Gasteiger partial charge in [0.05, 0.1) is 28.0 Å². The highest BCUT2D eigenvalue weighted by Gasteiger charge is 2.45. The number of fused-ring (bicyclic) bond motifs is 2. The lowest BCUT2D eigenvalue weighted by Crippen LogP contribution is -2.28. The van der Waals surface area contributed by atoms with Gasteiger partial charge in [-0.3, -0.25) is 9.11 Å². The molecule has 2 aromatic carbocycles. The number of carbonyl (C=O) groups is 2. The number of unbranched alkanes of at least 4 members (excludes halogenated alkanes) is 2. The monoisotopic (exact) mass is 689 g/mol. The molecule has 0 spiro atoms. The predicted octanol–water partition coefficient (Wildman–Crippen LogP) is 5.03. The summed E-state index contributed by atoms with van der Waals surface area (Å²) in [5.74, 6) is -2.84. The van der Waals surface area contributed by atoms with E-state index in [-0.39, 0.29) is 35.5 Å². The fraction of sp³-hybridized carbons (Fsp3) is 0.424. The highest BCUT2D eigenvalue weighted by atomic mass is 32.2. The fourth-order valence-corrected chi connectivity index (χ4v) is 7.58. The standard InChI is InChI=1S/C33H40N2O10S2/c1-32(2)24-20-22(30(36)37)12-14-26(24)34(16-5-7-18-46(40,41)42)28(32)10-9-11-29-33(3,4)25-21-23(31(38)39)13-15-27(25)35(29)17-6-8-19-47(43,44)45/h9-15,20-21H,5-8,16-19H2,1-4H3,(H3-,36,37,38,39,40,41,42,43,44,45)/p+1. The van der Waals surface area contributed by atoms with Crippen molar-refractivity contribution in [1.82, 2.24) is 0 Å². The van der Waals surface area contributed by atoms with E-state index in [1.807, 2.05) is 55.4 Å².